The van der Waals surface area contributed by atoms with Crippen molar-refractivity contribution in [3.05, 3.63) is 23.5 Å². The Kier molecular flexibility index (Phi) is 13.8. The van der Waals surface area contributed by atoms with E-state index in [4.69, 9.17) is 4.74 Å². The van der Waals surface area contributed by atoms with Crippen LogP contribution in [0.3, 0.4) is 0 Å². The molecule has 0 spiro atoms. The van der Waals surface area contributed by atoms with Gasteiger partial charge in [-0.05, 0) is 44.4 Å². The first kappa shape index (κ1) is 31.3. The van der Waals surface area contributed by atoms with Crippen LogP contribution in [0.25, 0.3) is 0 Å². The van der Waals surface area contributed by atoms with Crippen molar-refractivity contribution < 1.29 is 34.8 Å². The molecule has 1 aliphatic rings. The highest BCUT2D eigenvalue weighted by Gasteiger charge is 2.46. The van der Waals surface area contributed by atoms with Crippen LogP contribution in [-0.4, -0.2) is 50.7 Å². The van der Waals surface area contributed by atoms with Gasteiger partial charge < -0.3 is 25.2 Å². The van der Waals surface area contributed by atoms with Crippen LogP contribution in [0.5, 0.6) is 0 Å². The Morgan fingerprint density at radius 1 is 1.14 bits per heavy atom. The SMILES string of the molecule is CCCC[C@H](C)CC/C=C/[C@]1(O)C(CCCCCC(CO)(CCC)C(=O)O)=C(OC(C)=O)C[C@H]1O. The summed E-state index contributed by atoms with van der Waals surface area (Å²) in [6, 6.07) is 0. The summed E-state index contributed by atoms with van der Waals surface area (Å²) in [6.07, 6.45) is 11.8. The van der Waals surface area contributed by atoms with Gasteiger partial charge in [0.25, 0.3) is 0 Å². The number of carbonyl (C=O) groups excluding carboxylic acids is 1. The van der Waals surface area contributed by atoms with Gasteiger partial charge in [0.15, 0.2) is 0 Å². The molecule has 202 valence electrons. The molecule has 0 aliphatic heterocycles. The molecule has 0 heterocycles. The van der Waals surface area contributed by atoms with Crippen LogP contribution in [0.15, 0.2) is 23.5 Å². The number of rotatable bonds is 18. The highest BCUT2D eigenvalue weighted by Crippen LogP contribution is 2.41. The maximum absolute atomic E-state index is 11.7. The van der Waals surface area contributed by atoms with Crippen molar-refractivity contribution in [3.8, 4) is 0 Å². The average molecular weight is 497 g/mol. The molecule has 0 aromatic carbocycles. The number of aliphatic carboxylic acids is 1. The molecule has 0 saturated carbocycles. The molecular weight excluding hydrogens is 448 g/mol. The lowest BCUT2D eigenvalue weighted by Gasteiger charge is -2.28. The Morgan fingerprint density at radius 3 is 2.43 bits per heavy atom. The fourth-order valence-corrected chi connectivity index (χ4v) is 5.03. The van der Waals surface area contributed by atoms with Gasteiger partial charge in [-0.2, -0.15) is 0 Å². The number of carboxylic acids is 1. The molecule has 0 aromatic rings. The van der Waals surface area contributed by atoms with Gasteiger partial charge in [-0.25, -0.2) is 0 Å². The quantitative estimate of drug-likeness (QED) is 0.116. The van der Waals surface area contributed by atoms with Gasteiger partial charge >= 0.3 is 11.9 Å². The summed E-state index contributed by atoms with van der Waals surface area (Å²) in [5.74, 6) is -0.533. The van der Waals surface area contributed by atoms with E-state index in [-0.39, 0.29) is 13.0 Å². The fourth-order valence-electron chi connectivity index (χ4n) is 5.03. The van der Waals surface area contributed by atoms with E-state index >= 15 is 0 Å². The van der Waals surface area contributed by atoms with Crippen molar-refractivity contribution in [1.29, 1.82) is 0 Å². The molecule has 4 atom stereocenters. The predicted octanol–water partition coefficient (Wildman–Crippen LogP) is 5.28. The number of carboxylic acid groups (broad SMARTS) is 1. The number of hydrogen-bond donors (Lipinski definition) is 4. The summed E-state index contributed by atoms with van der Waals surface area (Å²) >= 11 is 0. The molecule has 1 rings (SSSR count). The molecule has 1 aliphatic carbocycles. The predicted molar refractivity (Wildman–Crippen MR) is 137 cm³/mol. The Labute approximate surface area is 211 Å². The van der Waals surface area contributed by atoms with E-state index in [2.05, 4.69) is 13.8 Å². The first-order valence-corrected chi connectivity index (χ1v) is 13.4. The average Bonchev–Trinajstić information content (AvgIpc) is 3.02. The summed E-state index contributed by atoms with van der Waals surface area (Å²) in [5.41, 5.74) is -2.16. The van der Waals surface area contributed by atoms with Gasteiger partial charge in [-0.15, -0.1) is 0 Å². The zero-order valence-corrected chi connectivity index (χ0v) is 22.2. The van der Waals surface area contributed by atoms with Gasteiger partial charge in [-0.1, -0.05) is 71.4 Å². The Morgan fingerprint density at radius 2 is 1.86 bits per heavy atom. The van der Waals surface area contributed by atoms with Crippen LogP contribution >= 0.6 is 0 Å². The lowest BCUT2D eigenvalue weighted by atomic mass is 9.79. The zero-order valence-electron chi connectivity index (χ0n) is 22.2. The van der Waals surface area contributed by atoms with Gasteiger partial charge in [0, 0.05) is 18.9 Å². The minimum atomic E-state index is -1.57. The van der Waals surface area contributed by atoms with Crippen molar-refractivity contribution in [1.82, 2.24) is 0 Å². The Bertz CT molecular complexity index is 729. The lowest BCUT2D eigenvalue weighted by molar-refractivity contribution is -0.153. The summed E-state index contributed by atoms with van der Waals surface area (Å²) in [6.45, 7) is 7.23. The third kappa shape index (κ3) is 9.36. The summed E-state index contributed by atoms with van der Waals surface area (Å²) in [5, 5.41) is 41.3. The minimum absolute atomic E-state index is 0.0752. The zero-order chi connectivity index (χ0) is 26.5. The smallest absolute Gasteiger partial charge is 0.311 e. The lowest BCUT2D eigenvalue weighted by Crippen LogP contribution is -2.38. The van der Waals surface area contributed by atoms with Gasteiger partial charge in [0.2, 0.25) is 0 Å². The first-order chi connectivity index (χ1) is 16.6. The second-order valence-corrected chi connectivity index (χ2v) is 10.3. The maximum Gasteiger partial charge on any atom is 0.311 e. The molecule has 0 amide bonds. The van der Waals surface area contributed by atoms with E-state index < -0.39 is 29.1 Å². The highest BCUT2D eigenvalue weighted by molar-refractivity contribution is 5.74. The molecule has 7 nitrogen and oxygen atoms in total. The molecule has 0 aromatic heterocycles. The molecule has 0 bridgehead atoms. The first-order valence-electron chi connectivity index (χ1n) is 13.4. The number of aliphatic hydroxyl groups excluding tert-OH is 2. The van der Waals surface area contributed by atoms with E-state index in [1.807, 2.05) is 13.0 Å². The van der Waals surface area contributed by atoms with Crippen molar-refractivity contribution in [2.75, 3.05) is 6.61 Å². The number of unbranched alkanes of at least 4 members (excludes halogenated alkanes) is 3. The van der Waals surface area contributed by atoms with Crippen molar-refractivity contribution in [2.45, 2.75) is 123 Å². The van der Waals surface area contributed by atoms with Crippen molar-refractivity contribution in [2.24, 2.45) is 11.3 Å². The van der Waals surface area contributed by atoms with E-state index in [1.54, 1.807) is 6.08 Å². The minimum Gasteiger partial charge on any atom is -0.481 e. The number of ether oxygens (including phenoxy) is 1. The topological polar surface area (TPSA) is 124 Å². The molecule has 35 heavy (non-hydrogen) atoms. The van der Waals surface area contributed by atoms with Crippen molar-refractivity contribution in [3.63, 3.8) is 0 Å². The van der Waals surface area contributed by atoms with Gasteiger partial charge in [-0.3, -0.25) is 9.59 Å². The monoisotopic (exact) mass is 496 g/mol. The van der Waals surface area contributed by atoms with E-state index in [0.717, 1.165) is 12.8 Å². The summed E-state index contributed by atoms with van der Waals surface area (Å²) in [4.78, 5) is 23.3. The molecule has 4 N–H and O–H groups in total. The van der Waals surface area contributed by atoms with Crippen LogP contribution in [-0.2, 0) is 14.3 Å². The number of hydrogen-bond acceptors (Lipinski definition) is 6. The summed E-state index contributed by atoms with van der Waals surface area (Å²) in [7, 11) is 0. The van der Waals surface area contributed by atoms with Crippen LogP contribution < -0.4 is 0 Å². The number of esters is 1. The second kappa shape index (κ2) is 15.4. The van der Waals surface area contributed by atoms with Gasteiger partial charge in [0.05, 0.1) is 18.1 Å². The molecule has 0 fully saturated rings. The van der Waals surface area contributed by atoms with E-state index in [0.29, 0.717) is 62.2 Å². The highest BCUT2D eigenvalue weighted by atomic mass is 16.5. The standard InChI is InChI=1S/C28H48O7/c1-5-7-13-21(3)14-10-12-18-28(34)23(24(19-25(28)31)35-22(4)30)15-9-8-11-17-27(20-29,16-6-2)26(32)33/h12,18,21,25,29,31,34H,5-11,13-17,19-20H2,1-4H3,(H,32,33)/b18-12+/t21-,25+,27?,28-/m0/s1. The largest absolute Gasteiger partial charge is 0.481 e. The number of carbonyl (C=O) groups is 2. The third-order valence-corrected chi connectivity index (χ3v) is 7.29. The van der Waals surface area contributed by atoms with Crippen LogP contribution in [0, 0.1) is 11.3 Å². The molecular formula is C28H48O7. The maximum atomic E-state index is 11.7. The second-order valence-electron chi connectivity index (χ2n) is 10.3. The van der Waals surface area contributed by atoms with Crippen LogP contribution in [0.4, 0.5) is 0 Å². The molecule has 1 unspecified atom stereocenters. The molecule has 7 heteroatoms. The normalized spacial score (nSPS) is 23.0. The fraction of sp³-hybridized carbons (Fsp3) is 0.786. The molecule has 0 saturated heterocycles. The van der Waals surface area contributed by atoms with Crippen molar-refractivity contribution >= 4 is 11.9 Å². The van der Waals surface area contributed by atoms with Crippen LogP contribution in [0.1, 0.15) is 111 Å². The van der Waals surface area contributed by atoms with Crippen LogP contribution in [0.2, 0.25) is 0 Å². The number of aliphatic hydroxyl groups is 3. The van der Waals surface area contributed by atoms with E-state index in [9.17, 15) is 30.0 Å². The van der Waals surface area contributed by atoms with Gasteiger partial charge in [0.1, 0.15) is 11.4 Å². The Hall–Kier alpha value is -1.70. The number of allylic oxidation sites excluding steroid dienone is 1. The summed E-state index contributed by atoms with van der Waals surface area (Å²) < 4.78 is 5.35. The van der Waals surface area contributed by atoms with E-state index in [1.165, 1.54) is 26.2 Å². The Balaban J connectivity index is 2.82. The molecule has 0 radical (unpaired) electrons. The third-order valence-electron chi connectivity index (χ3n) is 7.29.